The third-order valence-electron chi connectivity index (χ3n) is 3.16. The van der Waals surface area contributed by atoms with Crippen LogP contribution in [0.2, 0.25) is 0 Å². The highest BCUT2D eigenvalue weighted by Gasteiger charge is 2.20. The van der Waals surface area contributed by atoms with E-state index >= 15 is 0 Å². The molecule has 0 saturated heterocycles. The first kappa shape index (κ1) is 13.2. The van der Waals surface area contributed by atoms with Crippen molar-refractivity contribution in [2.45, 2.75) is 19.3 Å². The Hall–Kier alpha value is -1.23. The molecule has 1 aromatic rings. The molecule has 1 aromatic carbocycles. The zero-order valence-electron chi connectivity index (χ0n) is 9.83. The lowest BCUT2D eigenvalue weighted by Gasteiger charge is -2.25. The highest BCUT2D eigenvalue weighted by Crippen LogP contribution is 2.30. The minimum Gasteiger partial charge on any atom is -0.487 e. The Morgan fingerprint density at radius 1 is 1.39 bits per heavy atom. The molecule has 2 nitrogen and oxygen atoms in total. The molecule has 1 aliphatic rings. The molecule has 5 heteroatoms. The van der Waals surface area contributed by atoms with Crippen LogP contribution in [0.1, 0.15) is 24.8 Å². The number of thiol groups is 1. The van der Waals surface area contributed by atoms with E-state index in [1.807, 2.05) is 0 Å². The molecule has 0 atom stereocenters. The van der Waals surface area contributed by atoms with Gasteiger partial charge in [0.15, 0.2) is 17.4 Å². The van der Waals surface area contributed by atoms with E-state index in [4.69, 9.17) is 10.5 Å². The smallest absolute Gasteiger partial charge is 0.190 e. The predicted octanol–water partition coefficient (Wildman–Crippen LogP) is 3.33. The van der Waals surface area contributed by atoms with Gasteiger partial charge in [0.2, 0.25) is 0 Å². The van der Waals surface area contributed by atoms with E-state index in [9.17, 15) is 8.78 Å². The summed E-state index contributed by atoms with van der Waals surface area (Å²) in [5.74, 6) is -1.37. The second-order valence-electron chi connectivity index (χ2n) is 4.46. The average Bonchev–Trinajstić information content (AvgIpc) is 2.29. The van der Waals surface area contributed by atoms with Crippen molar-refractivity contribution in [3.05, 3.63) is 34.7 Å². The number of ether oxygens (including phenoxy) is 1. The van der Waals surface area contributed by atoms with Crippen molar-refractivity contribution in [3.63, 3.8) is 0 Å². The molecule has 0 spiro atoms. The molecule has 2 rings (SSSR count). The first-order valence-corrected chi connectivity index (χ1v) is 6.35. The van der Waals surface area contributed by atoms with Crippen molar-refractivity contribution in [1.82, 2.24) is 0 Å². The molecule has 0 heterocycles. The molecular weight excluding hydrogens is 256 g/mol. The van der Waals surface area contributed by atoms with Crippen LogP contribution in [0.5, 0.6) is 5.75 Å². The molecular formula is C13H15F2NOS. The standard InChI is InChI=1S/C13H15F2NOS/c14-10-4-9(12(16)7-18)5-11(15)13(10)17-6-8-2-1-3-8/h4-5,7-8,18H,1-3,6,16H2/b12-7-. The number of hydrogen-bond acceptors (Lipinski definition) is 3. The van der Waals surface area contributed by atoms with Gasteiger partial charge in [-0.2, -0.15) is 0 Å². The van der Waals surface area contributed by atoms with Crippen LogP contribution in [0.4, 0.5) is 8.78 Å². The molecule has 18 heavy (non-hydrogen) atoms. The molecule has 0 radical (unpaired) electrons. The zero-order valence-corrected chi connectivity index (χ0v) is 10.7. The van der Waals surface area contributed by atoms with Gasteiger partial charge in [0.25, 0.3) is 0 Å². The predicted molar refractivity (Wildman–Crippen MR) is 70.3 cm³/mol. The van der Waals surface area contributed by atoms with Crippen molar-refractivity contribution >= 4 is 18.3 Å². The summed E-state index contributed by atoms with van der Waals surface area (Å²) >= 11 is 3.85. The van der Waals surface area contributed by atoms with Crippen LogP contribution in [-0.2, 0) is 0 Å². The van der Waals surface area contributed by atoms with E-state index in [0.29, 0.717) is 12.5 Å². The van der Waals surface area contributed by atoms with Crippen LogP contribution in [0.15, 0.2) is 17.5 Å². The molecule has 0 amide bonds. The van der Waals surface area contributed by atoms with Crippen LogP contribution in [0, 0.1) is 17.6 Å². The normalized spacial score (nSPS) is 16.5. The average molecular weight is 271 g/mol. The van der Waals surface area contributed by atoms with Gasteiger partial charge >= 0.3 is 0 Å². The Bertz CT molecular complexity index is 449. The number of hydrogen-bond donors (Lipinski definition) is 2. The maximum Gasteiger partial charge on any atom is 0.190 e. The molecule has 1 aliphatic carbocycles. The Balaban J connectivity index is 2.15. The fourth-order valence-corrected chi connectivity index (χ4v) is 1.95. The number of halogens is 2. The van der Waals surface area contributed by atoms with Gasteiger partial charge < -0.3 is 10.5 Å². The minimum atomic E-state index is -0.734. The van der Waals surface area contributed by atoms with E-state index in [-0.39, 0.29) is 17.0 Å². The summed E-state index contributed by atoms with van der Waals surface area (Å²) in [7, 11) is 0. The van der Waals surface area contributed by atoms with Crippen LogP contribution in [0.3, 0.4) is 0 Å². The SMILES string of the molecule is N/C(=C\S)c1cc(F)c(OCC2CCC2)c(F)c1. The first-order chi connectivity index (χ1) is 8.61. The van der Waals surface area contributed by atoms with E-state index in [0.717, 1.165) is 25.0 Å². The van der Waals surface area contributed by atoms with Crippen LogP contribution in [-0.4, -0.2) is 6.61 Å². The topological polar surface area (TPSA) is 35.2 Å². The Labute approximate surface area is 110 Å². The quantitative estimate of drug-likeness (QED) is 0.824. The highest BCUT2D eigenvalue weighted by atomic mass is 32.1. The largest absolute Gasteiger partial charge is 0.487 e. The second-order valence-corrected chi connectivity index (χ2v) is 4.72. The summed E-state index contributed by atoms with van der Waals surface area (Å²) < 4.78 is 32.6. The molecule has 0 bridgehead atoms. The van der Waals surface area contributed by atoms with Crippen molar-refractivity contribution in [2.24, 2.45) is 11.7 Å². The number of nitrogens with two attached hydrogens (primary N) is 1. The van der Waals surface area contributed by atoms with Crippen molar-refractivity contribution in [1.29, 1.82) is 0 Å². The maximum atomic E-state index is 13.7. The summed E-state index contributed by atoms with van der Waals surface area (Å²) in [6.45, 7) is 0.366. The monoisotopic (exact) mass is 271 g/mol. The fraction of sp³-hybridized carbons (Fsp3) is 0.385. The van der Waals surface area contributed by atoms with E-state index < -0.39 is 11.6 Å². The molecule has 0 aliphatic heterocycles. The first-order valence-electron chi connectivity index (χ1n) is 5.84. The van der Waals surface area contributed by atoms with Crippen LogP contribution in [0.25, 0.3) is 5.70 Å². The Morgan fingerprint density at radius 2 is 2.00 bits per heavy atom. The number of benzene rings is 1. The van der Waals surface area contributed by atoms with Crippen LogP contribution >= 0.6 is 12.6 Å². The van der Waals surface area contributed by atoms with E-state index in [1.165, 1.54) is 11.8 Å². The van der Waals surface area contributed by atoms with Gasteiger partial charge in [-0.25, -0.2) is 8.78 Å². The van der Waals surface area contributed by atoms with Gasteiger partial charge in [-0.1, -0.05) is 6.42 Å². The number of rotatable bonds is 4. The zero-order chi connectivity index (χ0) is 13.1. The fourth-order valence-electron chi connectivity index (χ4n) is 1.80. The highest BCUT2D eigenvalue weighted by molar-refractivity contribution is 7.83. The molecule has 1 fully saturated rings. The maximum absolute atomic E-state index is 13.7. The minimum absolute atomic E-state index is 0.210. The second kappa shape index (κ2) is 5.61. The molecule has 0 unspecified atom stereocenters. The molecule has 0 aromatic heterocycles. The Kier molecular flexibility index (Phi) is 4.11. The summed E-state index contributed by atoms with van der Waals surface area (Å²) in [6.07, 6.45) is 3.30. The lowest BCUT2D eigenvalue weighted by Crippen LogP contribution is -2.20. The lowest BCUT2D eigenvalue weighted by molar-refractivity contribution is 0.170. The van der Waals surface area contributed by atoms with E-state index in [2.05, 4.69) is 12.6 Å². The molecule has 98 valence electrons. The van der Waals surface area contributed by atoms with Gasteiger partial charge in [0.1, 0.15) is 0 Å². The van der Waals surface area contributed by atoms with Crippen molar-refractivity contribution in [2.75, 3.05) is 6.61 Å². The Morgan fingerprint density at radius 3 is 2.44 bits per heavy atom. The summed E-state index contributed by atoms with van der Waals surface area (Å²) in [5, 5.41) is 1.29. The molecule has 2 N–H and O–H groups in total. The van der Waals surface area contributed by atoms with Gasteiger partial charge in [-0.3, -0.25) is 0 Å². The third kappa shape index (κ3) is 2.77. The third-order valence-corrected chi connectivity index (χ3v) is 3.44. The molecule has 1 saturated carbocycles. The summed E-state index contributed by atoms with van der Waals surface area (Å²) in [5.41, 5.74) is 6.02. The van der Waals surface area contributed by atoms with Crippen molar-refractivity contribution < 1.29 is 13.5 Å². The van der Waals surface area contributed by atoms with Gasteiger partial charge in [-0.15, -0.1) is 12.6 Å². The summed E-state index contributed by atoms with van der Waals surface area (Å²) in [6, 6.07) is 2.31. The lowest BCUT2D eigenvalue weighted by atomic mass is 9.86. The van der Waals surface area contributed by atoms with Crippen molar-refractivity contribution in [3.8, 4) is 5.75 Å². The van der Waals surface area contributed by atoms with Crippen LogP contribution < -0.4 is 10.5 Å². The van der Waals surface area contributed by atoms with Gasteiger partial charge in [0.05, 0.1) is 6.61 Å². The van der Waals surface area contributed by atoms with E-state index in [1.54, 1.807) is 0 Å². The summed E-state index contributed by atoms with van der Waals surface area (Å²) in [4.78, 5) is 0. The van der Waals surface area contributed by atoms with Gasteiger partial charge in [-0.05, 0) is 36.3 Å². The van der Waals surface area contributed by atoms with Gasteiger partial charge in [0, 0.05) is 11.3 Å².